The average molecular weight is 1050 g/mol. The van der Waals surface area contributed by atoms with Gasteiger partial charge in [-0.05, 0) is 68.1 Å². The lowest BCUT2D eigenvalue weighted by Gasteiger charge is -2.26. The molecule has 0 radical (unpaired) electrons. The zero-order valence-corrected chi connectivity index (χ0v) is 42.7. The minimum Gasteiger partial charge on any atom is -0.480 e. The molecule has 73 heavy (non-hydrogen) atoms. The molecule has 1 heterocycles. The van der Waals surface area contributed by atoms with Gasteiger partial charge in [0, 0.05) is 36.4 Å². The molecule has 2 aromatic rings. The number of thioether (sulfide) groups is 1. The van der Waals surface area contributed by atoms with Crippen LogP contribution in [0, 0.1) is 11.8 Å². The third-order valence-electron chi connectivity index (χ3n) is 11.0. The first-order valence-electron chi connectivity index (χ1n) is 23.5. The first-order valence-corrected chi connectivity index (χ1v) is 24.9. The van der Waals surface area contributed by atoms with Crippen LogP contribution in [0.25, 0.3) is 10.9 Å². The molecule has 1 aromatic carbocycles. The van der Waals surface area contributed by atoms with E-state index < -0.39 is 139 Å². The highest BCUT2D eigenvalue weighted by atomic mass is 32.2. The van der Waals surface area contributed by atoms with Crippen molar-refractivity contribution in [2.45, 2.75) is 122 Å². The van der Waals surface area contributed by atoms with Crippen LogP contribution < -0.4 is 65.1 Å². The van der Waals surface area contributed by atoms with Crippen molar-refractivity contribution in [2.75, 3.05) is 31.6 Å². The van der Waals surface area contributed by atoms with Crippen LogP contribution in [-0.4, -0.2) is 155 Å². The molecule has 7 atom stereocenters. The molecule has 27 heteroatoms. The smallest absolute Gasteiger partial charge is 0.322 e. The highest BCUT2D eigenvalue weighted by Gasteiger charge is 2.32. The number of primary amides is 2. The predicted octanol–water partition coefficient (Wildman–Crippen LogP) is -3.61. The molecule has 0 saturated carbocycles. The van der Waals surface area contributed by atoms with Gasteiger partial charge in [-0.1, -0.05) is 45.9 Å². The number of fused-ring (bicyclic) bond motifs is 1. The van der Waals surface area contributed by atoms with E-state index in [1.807, 2.05) is 6.26 Å². The fourth-order valence-electron chi connectivity index (χ4n) is 7.01. The van der Waals surface area contributed by atoms with Crippen molar-refractivity contribution in [3.05, 3.63) is 36.0 Å². The van der Waals surface area contributed by atoms with Crippen molar-refractivity contribution in [2.24, 2.45) is 29.0 Å². The molecular weight excluding hydrogens is 975 g/mol. The van der Waals surface area contributed by atoms with E-state index in [1.165, 1.54) is 18.7 Å². The largest absolute Gasteiger partial charge is 0.480 e. The summed E-state index contributed by atoms with van der Waals surface area (Å²) in [5.74, 6) is -10.4. The van der Waals surface area contributed by atoms with Crippen LogP contribution in [0.3, 0.4) is 0 Å². The molecule has 0 aliphatic rings. The van der Waals surface area contributed by atoms with Crippen molar-refractivity contribution in [3.63, 3.8) is 0 Å². The summed E-state index contributed by atoms with van der Waals surface area (Å²) in [7, 11) is 0. The number of carbonyl (C=O) groups is 12. The van der Waals surface area contributed by atoms with Gasteiger partial charge < -0.3 is 75.1 Å². The van der Waals surface area contributed by atoms with Gasteiger partial charge in [0.2, 0.25) is 65.0 Å². The molecule has 26 nitrogen and oxygen atoms in total. The monoisotopic (exact) mass is 1050 g/mol. The summed E-state index contributed by atoms with van der Waals surface area (Å²) in [5.41, 5.74) is 17.8. The van der Waals surface area contributed by atoms with Crippen molar-refractivity contribution >= 4 is 93.6 Å². The number of hydrogen-bond donors (Lipinski definition) is 14. The van der Waals surface area contributed by atoms with Gasteiger partial charge in [-0.2, -0.15) is 11.8 Å². The molecular formula is C46H71N13O13S. The molecule has 0 bridgehead atoms. The Bertz CT molecular complexity index is 2290. The second-order valence-corrected chi connectivity index (χ2v) is 18.9. The Balaban J connectivity index is 2.23. The molecule has 404 valence electrons. The lowest BCUT2D eigenvalue weighted by molar-refractivity contribution is -0.139. The maximum absolute atomic E-state index is 14.1. The van der Waals surface area contributed by atoms with Gasteiger partial charge in [0.1, 0.15) is 42.8 Å². The number of H-pyrrole nitrogens is 1. The van der Waals surface area contributed by atoms with E-state index in [4.69, 9.17) is 22.3 Å². The number of hydrogen-bond acceptors (Lipinski definition) is 14. The highest BCUT2D eigenvalue weighted by molar-refractivity contribution is 7.98. The number of nitrogens with one attached hydrogen (secondary N) is 10. The number of carboxylic acids is 1. The Morgan fingerprint density at radius 3 is 1.68 bits per heavy atom. The average Bonchev–Trinajstić information content (AvgIpc) is 3.73. The number of nitrogens with two attached hydrogens (primary N) is 3. The van der Waals surface area contributed by atoms with Gasteiger partial charge in [0.05, 0.1) is 19.1 Å². The molecule has 0 spiro atoms. The third kappa shape index (κ3) is 22.8. The highest BCUT2D eigenvalue weighted by Crippen LogP contribution is 2.19. The second-order valence-electron chi connectivity index (χ2n) is 18.0. The Morgan fingerprint density at radius 1 is 0.603 bits per heavy atom. The molecule has 0 aliphatic carbocycles. The van der Waals surface area contributed by atoms with Gasteiger partial charge in [-0.15, -0.1) is 0 Å². The fraction of sp³-hybridized carbons (Fsp3) is 0.565. The van der Waals surface area contributed by atoms with E-state index in [0.29, 0.717) is 17.7 Å². The molecule has 11 amide bonds. The van der Waals surface area contributed by atoms with Crippen LogP contribution in [0.15, 0.2) is 30.5 Å². The SMILES string of the molecule is CSCC[C@H](N)C(=O)N[C@@H](CCC(N)=O)C(=O)N[C@@H](C)C(=O)NCC(=O)N[C@@H](Cc1c[nH]c2ccccc12)C(=O)N[C@@H](CC(C)C)C(=O)NCC(=O)N[C@@H](CCC(N)=O)C(=O)N[C@H](C(=O)NCC(=O)O)C(C)C. The van der Waals surface area contributed by atoms with Crippen molar-refractivity contribution < 1.29 is 62.6 Å². The standard InChI is InChI=1S/C46H71N13O13S/c1-23(2)17-32(42(68)52-21-36(62)55-30(11-13-34(48)60)44(70)59-39(24(3)4)46(72)53-22-38(64)65)58-45(71)33(18-26-19-50-29-10-8-7-9-27(26)29)56-37(63)20-51-40(66)25(5)54-43(69)31(12-14-35(49)61)57-41(67)28(47)15-16-73-6/h7-10,19,23-25,28,30-33,39,50H,11-18,20-22,47H2,1-6H3,(H2,48,60)(H2,49,61)(H,51,66)(H,52,68)(H,53,72)(H,54,69)(H,55,62)(H,56,63)(H,57,67)(H,58,71)(H,59,70)(H,64,65)/t25-,28-,30-,31-,32-,33-,39-/m0/s1. The molecule has 0 unspecified atom stereocenters. The third-order valence-corrected chi connectivity index (χ3v) is 11.6. The summed E-state index contributed by atoms with van der Waals surface area (Å²) in [6, 6.07) is -1.60. The maximum Gasteiger partial charge on any atom is 0.322 e. The van der Waals surface area contributed by atoms with E-state index in [1.54, 1.807) is 58.2 Å². The summed E-state index contributed by atoms with van der Waals surface area (Å²) < 4.78 is 0. The van der Waals surface area contributed by atoms with Crippen LogP contribution in [0.1, 0.15) is 78.7 Å². The summed E-state index contributed by atoms with van der Waals surface area (Å²) >= 11 is 1.47. The van der Waals surface area contributed by atoms with Gasteiger partial charge in [0.25, 0.3) is 0 Å². The summed E-state index contributed by atoms with van der Waals surface area (Å²) in [4.78, 5) is 157. The quantitative estimate of drug-likeness (QED) is 0.0328. The number of aromatic nitrogens is 1. The van der Waals surface area contributed by atoms with E-state index in [0.717, 1.165) is 10.9 Å². The van der Waals surface area contributed by atoms with Gasteiger partial charge in [-0.25, -0.2) is 0 Å². The Kier molecular flexibility index (Phi) is 26.4. The van der Waals surface area contributed by atoms with Crippen molar-refractivity contribution in [1.82, 2.24) is 52.8 Å². The predicted molar refractivity (Wildman–Crippen MR) is 268 cm³/mol. The Morgan fingerprint density at radius 2 is 1.12 bits per heavy atom. The zero-order valence-electron chi connectivity index (χ0n) is 41.8. The molecule has 17 N–H and O–H groups in total. The normalized spacial score (nSPS) is 13.9. The molecule has 2 rings (SSSR count). The van der Waals surface area contributed by atoms with Gasteiger partial charge >= 0.3 is 5.97 Å². The lowest BCUT2D eigenvalue weighted by Crippen LogP contribution is -2.58. The summed E-state index contributed by atoms with van der Waals surface area (Å²) in [5, 5.41) is 31.7. The number of carbonyl (C=O) groups excluding carboxylic acids is 11. The van der Waals surface area contributed by atoms with Crippen molar-refractivity contribution in [1.29, 1.82) is 0 Å². The minimum atomic E-state index is -1.43. The van der Waals surface area contributed by atoms with Crippen LogP contribution in [0.5, 0.6) is 0 Å². The number of aromatic amines is 1. The van der Waals surface area contributed by atoms with E-state index in [2.05, 4.69) is 52.8 Å². The lowest BCUT2D eigenvalue weighted by atomic mass is 10.0. The summed E-state index contributed by atoms with van der Waals surface area (Å²) in [6.45, 7) is 5.91. The Labute approximate surface area is 426 Å². The van der Waals surface area contributed by atoms with Crippen LogP contribution >= 0.6 is 11.8 Å². The molecule has 0 aliphatic heterocycles. The maximum atomic E-state index is 14.1. The first kappa shape index (κ1) is 61.8. The van der Waals surface area contributed by atoms with Crippen molar-refractivity contribution in [3.8, 4) is 0 Å². The topological polar surface area (TPSA) is 427 Å². The van der Waals surface area contributed by atoms with Crippen LogP contribution in [0.4, 0.5) is 0 Å². The van der Waals surface area contributed by atoms with E-state index >= 15 is 0 Å². The second kappa shape index (κ2) is 31.2. The fourth-order valence-corrected chi connectivity index (χ4v) is 7.50. The number of para-hydroxylation sites is 1. The molecule has 0 fully saturated rings. The summed E-state index contributed by atoms with van der Waals surface area (Å²) in [6.07, 6.45) is 2.64. The Hall–Kier alpha value is -7.29. The zero-order chi connectivity index (χ0) is 54.9. The van der Waals surface area contributed by atoms with E-state index in [9.17, 15) is 57.5 Å². The van der Waals surface area contributed by atoms with Crippen LogP contribution in [-0.2, 0) is 64.0 Å². The first-order chi connectivity index (χ1) is 34.3. The van der Waals surface area contributed by atoms with E-state index in [-0.39, 0.29) is 44.4 Å². The van der Waals surface area contributed by atoms with Gasteiger partial charge in [0.15, 0.2) is 0 Å². The number of amides is 11. The number of benzene rings is 1. The van der Waals surface area contributed by atoms with Gasteiger partial charge in [-0.3, -0.25) is 57.5 Å². The van der Waals surface area contributed by atoms with Crippen LogP contribution in [0.2, 0.25) is 0 Å². The minimum absolute atomic E-state index is 0.0503. The molecule has 1 aromatic heterocycles. The number of aliphatic carboxylic acids is 1. The molecule has 0 saturated heterocycles. The number of carboxylic acid groups (broad SMARTS) is 1. The number of rotatable bonds is 33.